The normalized spacial score (nSPS) is 17.0. The van der Waals surface area contributed by atoms with Crippen LogP contribution in [0.5, 0.6) is 0 Å². The second kappa shape index (κ2) is 14.0. The molecule has 0 bridgehead atoms. The summed E-state index contributed by atoms with van der Waals surface area (Å²) in [5, 5.41) is 9.12. The third-order valence-corrected chi connectivity index (χ3v) is 10.2. The minimum absolute atomic E-state index is 0.00365. The average molecular weight is 625 g/mol. The van der Waals surface area contributed by atoms with Gasteiger partial charge >= 0.3 is 7.60 Å². The minimum atomic E-state index is -3.71. The lowest BCUT2D eigenvalue weighted by Crippen LogP contribution is -2.45. The number of hydrogen-bond acceptors (Lipinski definition) is 9. The van der Waals surface area contributed by atoms with Crippen molar-refractivity contribution in [3.63, 3.8) is 0 Å². The Morgan fingerprint density at radius 2 is 1.76 bits per heavy atom. The summed E-state index contributed by atoms with van der Waals surface area (Å²) in [5.74, 6) is -1.37. The van der Waals surface area contributed by atoms with Crippen molar-refractivity contribution in [3.8, 4) is 0 Å². The van der Waals surface area contributed by atoms with Crippen LogP contribution in [0.3, 0.4) is 0 Å². The summed E-state index contributed by atoms with van der Waals surface area (Å²) in [6.45, 7) is 4.60. The molecule has 0 aliphatic carbocycles. The Labute approximate surface area is 244 Å². The predicted molar refractivity (Wildman–Crippen MR) is 157 cm³/mol. The van der Waals surface area contributed by atoms with E-state index in [1.54, 1.807) is 25.1 Å². The van der Waals surface area contributed by atoms with Crippen molar-refractivity contribution in [2.24, 2.45) is 0 Å². The van der Waals surface area contributed by atoms with Gasteiger partial charge in [-0.25, -0.2) is 22.2 Å². The molecule has 2 atom stereocenters. The Hall–Kier alpha value is -3.00. The minimum Gasteiger partial charge on any atom is -0.340 e. The van der Waals surface area contributed by atoms with Gasteiger partial charge in [-0.15, -0.1) is 0 Å². The van der Waals surface area contributed by atoms with Crippen LogP contribution in [0.15, 0.2) is 59.6 Å². The maximum absolute atomic E-state index is 13.5. The lowest BCUT2D eigenvalue weighted by atomic mass is 10.1. The number of aromatic nitrogens is 2. The van der Waals surface area contributed by atoms with E-state index in [-0.39, 0.29) is 29.2 Å². The van der Waals surface area contributed by atoms with Gasteiger partial charge in [0.1, 0.15) is 5.82 Å². The second-order valence-corrected chi connectivity index (χ2v) is 13.9. The van der Waals surface area contributed by atoms with Crippen LogP contribution in [0.4, 0.5) is 31.9 Å². The molecule has 2 unspecified atom stereocenters. The molecule has 0 spiro atoms. The molecule has 228 valence electrons. The predicted octanol–water partition coefficient (Wildman–Crippen LogP) is 4.99. The molecule has 15 heteroatoms. The van der Waals surface area contributed by atoms with Crippen molar-refractivity contribution in [2.75, 3.05) is 36.4 Å². The van der Waals surface area contributed by atoms with E-state index in [0.29, 0.717) is 56.1 Å². The smallest absolute Gasteiger partial charge is 0.329 e. The zero-order valence-electron chi connectivity index (χ0n) is 23.3. The summed E-state index contributed by atoms with van der Waals surface area (Å²) < 4.78 is 71.9. The van der Waals surface area contributed by atoms with E-state index in [4.69, 9.17) is 4.52 Å². The second-order valence-electron chi connectivity index (χ2n) is 9.99. The summed E-state index contributed by atoms with van der Waals surface area (Å²) in [6, 6.07) is 11.2. The summed E-state index contributed by atoms with van der Waals surface area (Å²) in [7, 11) is -7.38. The lowest BCUT2D eigenvalue weighted by molar-refractivity contribution is 0.185. The Bertz CT molecular complexity index is 1510. The van der Waals surface area contributed by atoms with Crippen molar-refractivity contribution >= 4 is 40.8 Å². The molecule has 11 nitrogen and oxygen atoms in total. The number of piperidine rings is 1. The molecule has 1 aliphatic heterocycles. The Morgan fingerprint density at radius 3 is 2.43 bits per heavy atom. The van der Waals surface area contributed by atoms with Gasteiger partial charge in [-0.1, -0.05) is 6.92 Å². The molecule has 4 N–H and O–H groups in total. The molecule has 4 rings (SSSR count). The van der Waals surface area contributed by atoms with E-state index < -0.39 is 29.3 Å². The first-order valence-electron chi connectivity index (χ1n) is 13.6. The fourth-order valence-corrected chi connectivity index (χ4v) is 7.02. The average Bonchev–Trinajstić information content (AvgIpc) is 2.95. The highest BCUT2D eigenvalue weighted by atomic mass is 32.2. The van der Waals surface area contributed by atoms with Gasteiger partial charge in [0.25, 0.3) is 0 Å². The van der Waals surface area contributed by atoms with E-state index in [1.807, 2.05) is 6.92 Å². The molecule has 1 aromatic heterocycles. The molecule has 42 heavy (non-hydrogen) atoms. The quantitative estimate of drug-likeness (QED) is 0.192. The van der Waals surface area contributed by atoms with Gasteiger partial charge in [-0.05, 0) is 68.7 Å². The van der Waals surface area contributed by atoms with Crippen LogP contribution in [0, 0.1) is 11.6 Å². The molecule has 1 saturated heterocycles. The van der Waals surface area contributed by atoms with Gasteiger partial charge in [-0.2, -0.15) is 9.29 Å². The van der Waals surface area contributed by atoms with Gasteiger partial charge in [-0.3, -0.25) is 4.57 Å². The van der Waals surface area contributed by atoms with Crippen LogP contribution in [0.1, 0.15) is 33.1 Å². The zero-order valence-corrected chi connectivity index (χ0v) is 25.0. The SMILES string of the molecule is CCC(C)OP(=O)(O)CCNC1CCN(S(=O)(=O)c2ccc(Nc3nccc(Nc4ccc(F)c(F)c4)n3)cc2)CC1. The van der Waals surface area contributed by atoms with Crippen molar-refractivity contribution in [1.82, 2.24) is 19.6 Å². The highest BCUT2D eigenvalue weighted by Gasteiger charge is 2.30. The molecular weight excluding hydrogens is 589 g/mol. The highest BCUT2D eigenvalue weighted by Crippen LogP contribution is 2.43. The van der Waals surface area contributed by atoms with E-state index in [1.165, 1.54) is 28.7 Å². The molecule has 0 radical (unpaired) electrons. The number of halogens is 2. The summed E-state index contributed by atoms with van der Waals surface area (Å²) in [4.78, 5) is 18.6. The highest BCUT2D eigenvalue weighted by molar-refractivity contribution is 7.89. The number of anilines is 4. The molecule has 1 fully saturated rings. The van der Waals surface area contributed by atoms with Gasteiger partial charge in [0, 0.05) is 49.3 Å². The molecule has 1 aliphatic rings. The Balaban J connectivity index is 1.28. The van der Waals surface area contributed by atoms with Crippen LogP contribution in [0.25, 0.3) is 0 Å². The number of hydrogen-bond donors (Lipinski definition) is 4. The lowest BCUT2D eigenvalue weighted by Gasteiger charge is -2.32. The fraction of sp³-hybridized carbons (Fsp3) is 0.407. The standard InChI is InChI=1S/C27H35F2N6O5PS/c1-3-19(2)40-41(36,37)17-14-30-20-11-15-35(16-12-20)42(38,39)23-7-4-21(5-8-23)33-27-31-13-10-26(34-27)32-22-6-9-24(28)25(29)18-22/h4-10,13,18-20,30H,3,11-12,14-17H2,1-2H3,(H,36,37)(H2,31,32,33,34). The van der Waals surface area contributed by atoms with E-state index in [0.717, 1.165) is 12.1 Å². The Kier molecular flexibility index (Phi) is 10.6. The van der Waals surface area contributed by atoms with Crippen LogP contribution in [-0.2, 0) is 19.1 Å². The molecule has 3 aromatic rings. The topological polar surface area (TPSA) is 146 Å². The third-order valence-electron chi connectivity index (χ3n) is 6.80. The largest absolute Gasteiger partial charge is 0.340 e. The van der Waals surface area contributed by atoms with Crippen molar-refractivity contribution in [2.45, 2.75) is 50.2 Å². The monoisotopic (exact) mass is 624 g/mol. The van der Waals surface area contributed by atoms with Gasteiger partial charge in [0.05, 0.1) is 17.2 Å². The Morgan fingerprint density at radius 1 is 1.07 bits per heavy atom. The molecular formula is C27H35F2N6O5PS. The summed E-state index contributed by atoms with van der Waals surface area (Å²) in [6.07, 6.45) is 2.99. The van der Waals surface area contributed by atoms with Crippen LogP contribution in [0.2, 0.25) is 0 Å². The molecule has 0 saturated carbocycles. The van der Waals surface area contributed by atoms with E-state index in [2.05, 4.69) is 25.9 Å². The number of sulfonamides is 1. The maximum atomic E-state index is 13.5. The van der Waals surface area contributed by atoms with Crippen molar-refractivity contribution in [1.29, 1.82) is 0 Å². The number of nitrogens with zero attached hydrogens (tertiary/aromatic N) is 3. The zero-order chi connectivity index (χ0) is 30.3. The van der Waals surface area contributed by atoms with E-state index >= 15 is 0 Å². The van der Waals surface area contributed by atoms with Crippen molar-refractivity contribution in [3.05, 3.63) is 66.4 Å². The van der Waals surface area contributed by atoms with Crippen LogP contribution in [-0.4, -0.2) is 65.5 Å². The first-order valence-corrected chi connectivity index (χ1v) is 16.8. The van der Waals surface area contributed by atoms with Gasteiger partial charge < -0.3 is 25.4 Å². The van der Waals surface area contributed by atoms with Crippen molar-refractivity contribution < 1.29 is 31.2 Å². The molecule has 2 aromatic carbocycles. The van der Waals surface area contributed by atoms with Gasteiger partial charge in [0.2, 0.25) is 16.0 Å². The van der Waals surface area contributed by atoms with Gasteiger partial charge in [0.15, 0.2) is 11.6 Å². The molecule has 0 amide bonds. The molecule has 2 heterocycles. The maximum Gasteiger partial charge on any atom is 0.329 e. The van der Waals surface area contributed by atoms with E-state index in [9.17, 15) is 26.7 Å². The number of nitrogens with one attached hydrogen (secondary N) is 3. The number of rotatable bonds is 13. The van der Waals surface area contributed by atoms with Crippen LogP contribution >= 0.6 is 7.60 Å². The summed E-state index contributed by atoms with van der Waals surface area (Å²) >= 11 is 0. The third kappa shape index (κ3) is 8.76. The summed E-state index contributed by atoms with van der Waals surface area (Å²) in [5.41, 5.74) is 0.871. The first-order chi connectivity index (χ1) is 19.9. The van der Waals surface area contributed by atoms with Crippen LogP contribution < -0.4 is 16.0 Å². The number of benzene rings is 2. The fourth-order valence-electron chi connectivity index (χ4n) is 4.32. The first kappa shape index (κ1) is 31.9.